The summed E-state index contributed by atoms with van der Waals surface area (Å²) in [5.41, 5.74) is 2.82. The van der Waals surface area contributed by atoms with E-state index >= 15 is 0 Å². The Morgan fingerprint density at radius 2 is 0.837 bits per heavy atom. The third-order valence-corrected chi connectivity index (χ3v) is 6.34. The fourth-order valence-corrected chi connectivity index (χ4v) is 4.68. The van der Waals surface area contributed by atoms with Crippen molar-refractivity contribution < 1.29 is 47.7 Å². The van der Waals surface area contributed by atoms with Crippen LogP contribution in [0, 0.1) is 0 Å². The van der Waals surface area contributed by atoms with Gasteiger partial charge in [0.05, 0.1) is 33.3 Å². The molecule has 0 radical (unpaired) electrons. The molecule has 0 amide bonds. The number of hydrogen-bond donors (Lipinski definition) is 1. The van der Waals surface area contributed by atoms with Crippen LogP contribution >= 0.6 is 0 Å². The molecule has 0 aliphatic rings. The van der Waals surface area contributed by atoms with Gasteiger partial charge in [-0.05, 0) is 102 Å². The van der Waals surface area contributed by atoms with Gasteiger partial charge in [-0.3, -0.25) is 38.7 Å². The number of ether oxygens (including phenoxy) is 5. The monoisotopic (exact) mass is 702 g/mol. The van der Waals surface area contributed by atoms with Gasteiger partial charge in [-0.1, -0.05) is 6.42 Å². The molecule has 0 rings (SSSR count). The second-order valence-corrected chi connectivity index (χ2v) is 16.1. The van der Waals surface area contributed by atoms with E-state index in [2.05, 4.69) is 0 Å². The van der Waals surface area contributed by atoms with Crippen LogP contribution in [0.5, 0.6) is 0 Å². The maximum atomic E-state index is 13.2. The molecule has 0 fully saturated rings. The van der Waals surface area contributed by atoms with E-state index in [4.69, 9.17) is 29.4 Å². The SMILES string of the molecule is COC(=O)[C@H](CCCCN)N(CCN(CC(=O)OC(C)(C)C)CC(=O)OC(C)(C)C)CCN(CC(=O)OC(C)(C)C)CC(=O)OC(C)(C)C. The van der Waals surface area contributed by atoms with E-state index in [9.17, 15) is 24.0 Å². The Hall–Kier alpha value is -2.81. The summed E-state index contributed by atoms with van der Waals surface area (Å²) in [5.74, 6) is -2.53. The molecule has 0 unspecified atom stereocenters. The van der Waals surface area contributed by atoms with Crippen LogP contribution in [0.1, 0.15) is 102 Å². The summed E-state index contributed by atoms with van der Waals surface area (Å²) in [6.45, 7) is 21.6. The Balaban J connectivity index is 6.40. The largest absolute Gasteiger partial charge is 0.468 e. The van der Waals surface area contributed by atoms with Gasteiger partial charge in [0.15, 0.2) is 0 Å². The van der Waals surface area contributed by atoms with Crippen molar-refractivity contribution in [3.8, 4) is 0 Å². The zero-order valence-electron chi connectivity index (χ0n) is 32.6. The first kappa shape index (κ1) is 46.2. The van der Waals surface area contributed by atoms with Gasteiger partial charge in [0.2, 0.25) is 0 Å². The van der Waals surface area contributed by atoms with E-state index in [1.807, 2.05) is 4.90 Å². The lowest BCUT2D eigenvalue weighted by atomic mass is 10.1. The molecule has 286 valence electrons. The number of nitrogens with zero attached hydrogens (tertiary/aromatic N) is 3. The fraction of sp³-hybridized carbons (Fsp3) is 0.857. The lowest BCUT2D eigenvalue weighted by molar-refractivity contribution is -0.162. The minimum Gasteiger partial charge on any atom is -0.468 e. The van der Waals surface area contributed by atoms with Gasteiger partial charge in [-0.15, -0.1) is 0 Å². The van der Waals surface area contributed by atoms with Crippen LogP contribution in [0.25, 0.3) is 0 Å². The fourth-order valence-electron chi connectivity index (χ4n) is 4.68. The number of carbonyl (C=O) groups excluding carboxylic acids is 5. The highest BCUT2D eigenvalue weighted by Crippen LogP contribution is 2.15. The van der Waals surface area contributed by atoms with Crippen molar-refractivity contribution >= 4 is 29.8 Å². The van der Waals surface area contributed by atoms with Gasteiger partial charge < -0.3 is 29.4 Å². The second-order valence-electron chi connectivity index (χ2n) is 16.1. The number of nitrogens with two attached hydrogens (primary N) is 1. The highest BCUT2D eigenvalue weighted by atomic mass is 16.6. The summed E-state index contributed by atoms with van der Waals surface area (Å²) in [4.78, 5) is 69.7. The van der Waals surface area contributed by atoms with Crippen LogP contribution in [-0.4, -0.2) is 139 Å². The molecule has 14 heteroatoms. The van der Waals surface area contributed by atoms with E-state index in [0.717, 1.165) is 0 Å². The number of unbranched alkanes of at least 4 members (excludes halogenated alkanes) is 1. The first-order chi connectivity index (χ1) is 22.2. The highest BCUT2D eigenvalue weighted by Gasteiger charge is 2.30. The molecule has 0 aromatic carbocycles. The number of rotatable bonds is 20. The quantitative estimate of drug-likeness (QED) is 0.112. The first-order valence-electron chi connectivity index (χ1n) is 17.1. The number of carbonyl (C=O) groups is 5. The number of esters is 5. The first-order valence-corrected chi connectivity index (χ1v) is 17.1. The lowest BCUT2D eigenvalue weighted by Crippen LogP contribution is -2.51. The van der Waals surface area contributed by atoms with E-state index in [0.29, 0.717) is 25.8 Å². The lowest BCUT2D eigenvalue weighted by Gasteiger charge is -2.34. The smallest absolute Gasteiger partial charge is 0.323 e. The average Bonchev–Trinajstić information content (AvgIpc) is 2.86. The van der Waals surface area contributed by atoms with Crippen molar-refractivity contribution in [3.05, 3.63) is 0 Å². The molecule has 0 aromatic heterocycles. The standard InChI is InChI=1S/C35H66N4O10/c1-32(2,3)46-27(40)22-37(23-28(41)47-33(4,5)6)18-20-39(26(31(44)45-13)16-14-15-17-36)21-19-38(24-29(42)48-34(7,8)9)25-30(43)49-35(10,11)12/h26H,14-25,36H2,1-13H3/t26-/m0/s1. The maximum absolute atomic E-state index is 13.2. The molecule has 14 nitrogen and oxygen atoms in total. The van der Waals surface area contributed by atoms with E-state index in [-0.39, 0.29) is 52.4 Å². The molecule has 0 saturated carbocycles. The van der Waals surface area contributed by atoms with Gasteiger partial charge in [-0.2, -0.15) is 0 Å². The molecule has 0 aromatic rings. The Labute approximate surface area is 294 Å². The number of hydrogen-bond acceptors (Lipinski definition) is 14. The van der Waals surface area contributed by atoms with E-state index in [1.54, 1.807) is 92.9 Å². The Bertz CT molecular complexity index is 927. The Morgan fingerprint density at radius 1 is 0.531 bits per heavy atom. The summed E-state index contributed by atoms with van der Waals surface area (Å²) < 4.78 is 27.3. The predicted molar refractivity (Wildman–Crippen MR) is 187 cm³/mol. The van der Waals surface area contributed by atoms with Crippen molar-refractivity contribution in [3.63, 3.8) is 0 Å². The number of methoxy groups -OCH3 is 1. The third kappa shape index (κ3) is 24.9. The molecular weight excluding hydrogens is 636 g/mol. The van der Waals surface area contributed by atoms with Gasteiger partial charge in [0, 0.05) is 26.2 Å². The summed E-state index contributed by atoms with van der Waals surface area (Å²) in [6, 6.07) is -0.702. The van der Waals surface area contributed by atoms with Gasteiger partial charge in [-0.25, -0.2) is 0 Å². The summed E-state index contributed by atoms with van der Waals surface area (Å²) in [6.07, 6.45) is 1.76. The van der Waals surface area contributed by atoms with Gasteiger partial charge in [0.1, 0.15) is 28.4 Å². The summed E-state index contributed by atoms with van der Waals surface area (Å²) in [5, 5.41) is 0. The van der Waals surface area contributed by atoms with Crippen LogP contribution in [0.4, 0.5) is 0 Å². The van der Waals surface area contributed by atoms with Crippen LogP contribution in [0.2, 0.25) is 0 Å². The molecular formula is C35H66N4O10. The van der Waals surface area contributed by atoms with Crippen molar-refractivity contribution in [1.29, 1.82) is 0 Å². The molecule has 0 heterocycles. The zero-order chi connectivity index (χ0) is 38.2. The maximum Gasteiger partial charge on any atom is 0.323 e. The topological polar surface area (TPSA) is 167 Å². The molecule has 2 N–H and O–H groups in total. The molecule has 0 saturated heterocycles. The molecule has 0 aliphatic heterocycles. The van der Waals surface area contributed by atoms with Crippen molar-refractivity contribution in [2.75, 3.05) is 66.0 Å². The summed E-state index contributed by atoms with van der Waals surface area (Å²) in [7, 11) is 1.31. The Kier molecular flexibility index (Phi) is 19.6. The minimum atomic E-state index is -0.731. The molecule has 0 spiro atoms. The predicted octanol–water partition coefficient (Wildman–Crippen LogP) is 2.93. The zero-order valence-corrected chi connectivity index (χ0v) is 32.6. The molecule has 0 bridgehead atoms. The average molecular weight is 703 g/mol. The van der Waals surface area contributed by atoms with E-state index in [1.165, 1.54) is 7.11 Å². The molecule has 1 atom stereocenters. The highest BCUT2D eigenvalue weighted by molar-refractivity contribution is 5.77. The minimum absolute atomic E-state index is 0.182. The van der Waals surface area contributed by atoms with Gasteiger partial charge >= 0.3 is 29.8 Å². The molecule has 0 aliphatic carbocycles. The normalized spacial score (nSPS) is 13.3. The Morgan fingerprint density at radius 3 is 1.08 bits per heavy atom. The molecule has 49 heavy (non-hydrogen) atoms. The van der Waals surface area contributed by atoms with Crippen LogP contribution in [-0.2, 0) is 47.7 Å². The van der Waals surface area contributed by atoms with Crippen molar-refractivity contribution in [2.24, 2.45) is 5.73 Å². The second kappa shape index (κ2) is 20.8. The van der Waals surface area contributed by atoms with E-state index < -0.39 is 58.3 Å². The van der Waals surface area contributed by atoms with Gasteiger partial charge in [0.25, 0.3) is 0 Å². The van der Waals surface area contributed by atoms with Crippen LogP contribution in [0.3, 0.4) is 0 Å². The van der Waals surface area contributed by atoms with Crippen molar-refractivity contribution in [2.45, 2.75) is 131 Å². The van der Waals surface area contributed by atoms with Crippen molar-refractivity contribution in [1.82, 2.24) is 14.7 Å². The van der Waals surface area contributed by atoms with Crippen LogP contribution in [0.15, 0.2) is 0 Å². The summed E-state index contributed by atoms with van der Waals surface area (Å²) >= 11 is 0. The van der Waals surface area contributed by atoms with Crippen LogP contribution < -0.4 is 5.73 Å². The third-order valence-electron chi connectivity index (χ3n) is 6.34.